The third-order valence-electron chi connectivity index (χ3n) is 3.85. The number of nitrogens with one attached hydrogen (secondary N) is 1. The minimum Gasteiger partial charge on any atom is -0.463 e. The fraction of sp³-hybridized carbons (Fsp3) is 0.333. The molecule has 1 N–H and O–H groups in total. The molecule has 0 radical (unpaired) electrons. The minimum atomic E-state index is -3.82. The predicted molar refractivity (Wildman–Crippen MR) is 95.4 cm³/mol. The van der Waals surface area contributed by atoms with Crippen LogP contribution in [-0.4, -0.2) is 42.5 Å². The van der Waals surface area contributed by atoms with E-state index in [1.807, 2.05) is 0 Å². The number of hydrogen-bond acceptors (Lipinski definition) is 10. The topological polar surface area (TPSA) is 140 Å². The van der Waals surface area contributed by atoms with Crippen LogP contribution in [0.4, 0.5) is 10.8 Å². The molecule has 0 unspecified atom stereocenters. The Labute approximate surface area is 158 Å². The molecule has 3 rings (SSSR count). The quantitative estimate of drug-likeness (QED) is 0.437. The molecule has 1 aliphatic heterocycles. The van der Waals surface area contributed by atoms with E-state index >= 15 is 0 Å². The first kappa shape index (κ1) is 19.0. The molecular weight excluding hydrogens is 394 g/mol. The normalized spacial score (nSPS) is 20.0. The Balaban J connectivity index is 1.79. The van der Waals surface area contributed by atoms with Crippen LogP contribution >= 0.6 is 11.3 Å². The highest BCUT2D eigenvalue weighted by Gasteiger charge is 2.50. The lowest BCUT2D eigenvalue weighted by atomic mass is 9.95. The number of sulfonamides is 1. The number of rotatable bonds is 6. The molecule has 2 aromatic rings. The Morgan fingerprint density at radius 2 is 2.00 bits per heavy atom. The highest BCUT2D eigenvalue weighted by Crippen LogP contribution is 2.29. The summed E-state index contributed by atoms with van der Waals surface area (Å²) in [5, 5.41) is 16.1. The SMILES string of the molecule is CC(=O)[C@]1(N=Nc2ccc(S(=O)(=O)Nc3nnc(C)s3)cc2)CCOC1=O. The van der Waals surface area contributed by atoms with Crippen LogP contribution in [0, 0.1) is 6.92 Å². The van der Waals surface area contributed by atoms with Crippen molar-refractivity contribution < 1.29 is 22.7 Å². The van der Waals surface area contributed by atoms with Crippen molar-refractivity contribution in [3.63, 3.8) is 0 Å². The van der Waals surface area contributed by atoms with Gasteiger partial charge in [-0.15, -0.1) is 10.2 Å². The fourth-order valence-corrected chi connectivity index (χ4v) is 4.16. The number of azo groups is 1. The average Bonchev–Trinajstić information content (AvgIpc) is 3.19. The second kappa shape index (κ2) is 7.12. The molecule has 0 aliphatic carbocycles. The standard InChI is InChI=1S/C15H15N5O5S2/c1-9(21)15(7-8-25-13(15)22)20-17-11-3-5-12(6-4-11)27(23,24)19-14-18-16-10(2)26-14/h3-6H,7-8H2,1-2H3,(H,18,19)/t15-/m1/s1. The molecule has 27 heavy (non-hydrogen) atoms. The summed E-state index contributed by atoms with van der Waals surface area (Å²) in [5.74, 6) is -1.18. The number of ketones is 1. The molecule has 10 nitrogen and oxygen atoms in total. The summed E-state index contributed by atoms with van der Waals surface area (Å²) in [6, 6.07) is 5.49. The van der Waals surface area contributed by atoms with E-state index < -0.39 is 27.3 Å². The van der Waals surface area contributed by atoms with E-state index in [9.17, 15) is 18.0 Å². The van der Waals surface area contributed by atoms with Crippen LogP contribution in [-0.2, 0) is 24.3 Å². The molecular formula is C15H15N5O5S2. The van der Waals surface area contributed by atoms with Crippen LogP contribution in [0.1, 0.15) is 18.4 Å². The van der Waals surface area contributed by atoms with Gasteiger partial charge in [-0.05, 0) is 38.1 Å². The van der Waals surface area contributed by atoms with Crippen molar-refractivity contribution in [2.24, 2.45) is 10.2 Å². The first-order chi connectivity index (χ1) is 12.7. The maximum atomic E-state index is 12.3. The van der Waals surface area contributed by atoms with Crippen molar-refractivity contribution >= 4 is 43.9 Å². The van der Waals surface area contributed by atoms with Crippen LogP contribution in [0.25, 0.3) is 0 Å². The number of aromatic nitrogens is 2. The van der Waals surface area contributed by atoms with Gasteiger partial charge in [-0.25, -0.2) is 13.2 Å². The van der Waals surface area contributed by atoms with Crippen molar-refractivity contribution in [2.75, 3.05) is 11.3 Å². The maximum Gasteiger partial charge on any atom is 0.343 e. The van der Waals surface area contributed by atoms with E-state index in [-0.39, 0.29) is 23.1 Å². The summed E-state index contributed by atoms with van der Waals surface area (Å²) >= 11 is 1.12. The Morgan fingerprint density at radius 3 is 2.52 bits per heavy atom. The summed E-state index contributed by atoms with van der Waals surface area (Å²) in [4.78, 5) is 23.6. The summed E-state index contributed by atoms with van der Waals surface area (Å²) < 4.78 is 31.8. The number of anilines is 1. The Hall–Kier alpha value is -2.73. The monoisotopic (exact) mass is 409 g/mol. The van der Waals surface area contributed by atoms with Crippen molar-refractivity contribution in [1.82, 2.24) is 10.2 Å². The summed E-state index contributed by atoms with van der Waals surface area (Å²) in [7, 11) is -3.82. The number of ether oxygens (including phenoxy) is 1. The largest absolute Gasteiger partial charge is 0.463 e. The number of hydrogen-bond donors (Lipinski definition) is 1. The third kappa shape index (κ3) is 3.85. The molecule has 0 amide bonds. The number of cyclic esters (lactones) is 1. The van der Waals surface area contributed by atoms with Gasteiger partial charge in [0.1, 0.15) is 5.01 Å². The van der Waals surface area contributed by atoms with E-state index in [0.717, 1.165) is 11.3 Å². The number of aryl methyl sites for hydroxylation is 1. The van der Waals surface area contributed by atoms with Gasteiger partial charge >= 0.3 is 5.97 Å². The van der Waals surface area contributed by atoms with Gasteiger partial charge in [-0.1, -0.05) is 11.3 Å². The van der Waals surface area contributed by atoms with Crippen LogP contribution in [0.3, 0.4) is 0 Å². The van der Waals surface area contributed by atoms with Crippen LogP contribution in [0.2, 0.25) is 0 Å². The second-order valence-electron chi connectivity index (χ2n) is 5.73. The molecule has 0 bridgehead atoms. The van der Waals surface area contributed by atoms with Crippen molar-refractivity contribution in [3.05, 3.63) is 29.3 Å². The van der Waals surface area contributed by atoms with E-state index in [4.69, 9.17) is 4.74 Å². The lowest BCUT2D eigenvalue weighted by Crippen LogP contribution is -2.39. The number of nitrogens with zero attached hydrogens (tertiary/aromatic N) is 4. The number of Topliss-reactive ketones (excluding diaryl/α,β-unsaturated/α-hetero) is 1. The van der Waals surface area contributed by atoms with E-state index in [1.165, 1.54) is 31.2 Å². The van der Waals surface area contributed by atoms with Gasteiger partial charge in [0.2, 0.25) is 10.7 Å². The first-order valence-corrected chi connectivity index (χ1v) is 10.1. The zero-order chi connectivity index (χ0) is 19.7. The van der Waals surface area contributed by atoms with Gasteiger partial charge in [0, 0.05) is 6.42 Å². The number of esters is 1. The molecule has 0 spiro atoms. The molecule has 1 aromatic heterocycles. The van der Waals surface area contributed by atoms with Gasteiger partial charge in [0.25, 0.3) is 10.0 Å². The van der Waals surface area contributed by atoms with Crippen molar-refractivity contribution in [1.29, 1.82) is 0 Å². The Morgan fingerprint density at radius 1 is 1.30 bits per heavy atom. The molecule has 2 heterocycles. The lowest BCUT2D eigenvalue weighted by molar-refractivity contribution is -0.145. The lowest BCUT2D eigenvalue weighted by Gasteiger charge is -2.13. The number of benzene rings is 1. The predicted octanol–water partition coefficient (Wildman–Crippen LogP) is 2.01. The van der Waals surface area contributed by atoms with Gasteiger partial charge in [-0.2, -0.15) is 10.2 Å². The minimum absolute atomic E-state index is 0.00383. The van der Waals surface area contributed by atoms with E-state index in [0.29, 0.717) is 10.7 Å². The summed E-state index contributed by atoms with van der Waals surface area (Å²) in [6.45, 7) is 3.07. The summed E-state index contributed by atoms with van der Waals surface area (Å²) in [6.07, 6.45) is 0.127. The highest BCUT2D eigenvalue weighted by molar-refractivity contribution is 7.93. The van der Waals surface area contributed by atoms with E-state index in [1.54, 1.807) is 6.92 Å². The van der Waals surface area contributed by atoms with E-state index in [2.05, 4.69) is 25.1 Å². The van der Waals surface area contributed by atoms with Crippen molar-refractivity contribution in [3.8, 4) is 0 Å². The van der Waals surface area contributed by atoms with Gasteiger partial charge in [-0.3, -0.25) is 9.52 Å². The molecule has 1 aliphatic rings. The highest BCUT2D eigenvalue weighted by atomic mass is 32.2. The molecule has 0 saturated carbocycles. The molecule has 142 valence electrons. The second-order valence-corrected chi connectivity index (χ2v) is 8.59. The third-order valence-corrected chi connectivity index (χ3v) is 6.09. The first-order valence-electron chi connectivity index (χ1n) is 7.77. The molecule has 1 aromatic carbocycles. The van der Waals surface area contributed by atoms with Gasteiger partial charge in [0.05, 0.1) is 17.2 Å². The number of carbonyl (C=O) groups excluding carboxylic acids is 2. The molecule has 1 saturated heterocycles. The average molecular weight is 409 g/mol. The van der Waals surface area contributed by atoms with Gasteiger partial charge < -0.3 is 4.74 Å². The molecule has 1 atom stereocenters. The zero-order valence-corrected chi connectivity index (χ0v) is 16.0. The maximum absolute atomic E-state index is 12.3. The Bertz CT molecular complexity index is 1020. The molecule has 1 fully saturated rings. The van der Waals surface area contributed by atoms with Crippen LogP contribution in [0.5, 0.6) is 0 Å². The van der Waals surface area contributed by atoms with Crippen LogP contribution < -0.4 is 4.72 Å². The molecule has 12 heteroatoms. The van der Waals surface area contributed by atoms with Gasteiger partial charge in [0.15, 0.2) is 5.78 Å². The summed E-state index contributed by atoms with van der Waals surface area (Å²) in [5.41, 5.74) is -1.33. The Kier molecular flexibility index (Phi) is 5.02. The van der Waals surface area contributed by atoms with Crippen molar-refractivity contribution in [2.45, 2.75) is 30.7 Å². The van der Waals surface area contributed by atoms with Crippen LogP contribution in [0.15, 0.2) is 39.4 Å². The fourth-order valence-electron chi connectivity index (χ4n) is 2.34. The smallest absolute Gasteiger partial charge is 0.343 e. The number of carbonyl (C=O) groups is 2. The zero-order valence-electron chi connectivity index (χ0n) is 14.4.